The predicted molar refractivity (Wildman–Crippen MR) is 112 cm³/mol. The largest absolute Gasteiger partial charge is 0.490 e. The molecule has 1 aromatic carbocycles. The van der Waals surface area contributed by atoms with E-state index in [4.69, 9.17) is 4.74 Å². The molecular weight excluding hydrogens is 368 g/mol. The highest BCUT2D eigenvalue weighted by Gasteiger charge is 2.31. The van der Waals surface area contributed by atoms with E-state index in [1.807, 2.05) is 38.2 Å². The van der Waals surface area contributed by atoms with Crippen LogP contribution in [0.4, 0.5) is 0 Å². The third-order valence-electron chi connectivity index (χ3n) is 5.24. The number of fused-ring (bicyclic) bond motifs is 1. The molecule has 0 spiro atoms. The highest BCUT2D eigenvalue weighted by Crippen LogP contribution is 2.45. The maximum atomic E-state index is 10.3. The SMILES string of the molecule is CC1C=C2C(=C(c3cnc(-c4ccc(OC(C)C)c(C#N)c4)s3)C1)CC[C@H]2O. The Hall–Kier alpha value is -2.42. The molecule has 2 aromatic rings. The zero-order chi connectivity index (χ0) is 19.8. The number of thiazole rings is 1. The van der Waals surface area contributed by atoms with Crippen molar-refractivity contribution < 1.29 is 9.84 Å². The minimum Gasteiger partial charge on any atom is -0.490 e. The van der Waals surface area contributed by atoms with Gasteiger partial charge in [-0.15, -0.1) is 11.3 Å². The molecule has 0 radical (unpaired) electrons. The maximum absolute atomic E-state index is 10.3. The van der Waals surface area contributed by atoms with Crippen molar-refractivity contribution in [1.82, 2.24) is 4.98 Å². The molecule has 144 valence electrons. The molecular formula is C23H24N2O2S. The summed E-state index contributed by atoms with van der Waals surface area (Å²) in [6.07, 6.45) is 6.59. The fourth-order valence-corrected chi connectivity index (χ4v) is 5.03. The number of nitriles is 1. The number of hydrogen-bond acceptors (Lipinski definition) is 5. The average molecular weight is 393 g/mol. The molecule has 5 heteroatoms. The zero-order valence-electron chi connectivity index (χ0n) is 16.4. The molecule has 0 amide bonds. The minimum absolute atomic E-state index is 0.0233. The van der Waals surface area contributed by atoms with E-state index in [-0.39, 0.29) is 12.2 Å². The van der Waals surface area contributed by atoms with Crippen LogP contribution in [0.15, 0.2) is 41.6 Å². The van der Waals surface area contributed by atoms with Crippen LogP contribution in [0.1, 0.15) is 50.5 Å². The summed E-state index contributed by atoms with van der Waals surface area (Å²) in [7, 11) is 0. The lowest BCUT2D eigenvalue weighted by Gasteiger charge is -2.21. The van der Waals surface area contributed by atoms with Crippen molar-refractivity contribution in [2.24, 2.45) is 5.92 Å². The first-order valence-electron chi connectivity index (χ1n) is 9.75. The molecule has 2 aliphatic rings. The smallest absolute Gasteiger partial charge is 0.137 e. The molecule has 1 heterocycles. The summed E-state index contributed by atoms with van der Waals surface area (Å²) < 4.78 is 5.72. The van der Waals surface area contributed by atoms with Gasteiger partial charge in [-0.25, -0.2) is 4.98 Å². The van der Waals surface area contributed by atoms with Crippen molar-refractivity contribution in [3.05, 3.63) is 52.1 Å². The van der Waals surface area contributed by atoms with Crippen molar-refractivity contribution >= 4 is 16.9 Å². The Morgan fingerprint density at radius 3 is 2.89 bits per heavy atom. The standard InChI is InChI=1S/C23H24N2O2S/c1-13(2)27-21-7-4-15(10-16(21)11-24)23-25-12-22(28-23)19-9-14(3)8-18-17(19)5-6-20(18)26/h4,7-8,10,12-14,20,26H,5-6,9H2,1-3H3/t14?,20-/m1/s1. The molecule has 2 atom stereocenters. The summed E-state index contributed by atoms with van der Waals surface area (Å²) in [6, 6.07) is 7.90. The maximum Gasteiger partial charge on any atom is 0.137 e. The van der Waals surface area contributed by atoms with Crippen LogP contribution in [0, 0.1) is 17.2 Å². The van der Waals surface area contributed by atoms with Gasteiger partial charge in [0.15, 0.2) is 0 Å². The zero-order valence-corrected chi connectivity index (χ0v) is 17.2. The highest BCUT2D eigenvalue weighted by atomic mass is 32.1. The van der Waals surface area contributed by atoms with E-state index >= 15 is 0 Å². The first-order chi connectivity index (χ1) is 13.5. The lowest BCUT2D eigenvalue weighted by Crippen LogP contribution is -2.09. The summed E-state index contributed by atoms with van der Waals surface area (Å²) in [5, 5.41) is 20.7. The van der Waals surface area contributed by atoms with Gasteiger partial charge in [-0.05, 0) is 73.9 Å². The fourth-order valence-electron chi connectivity index (χ4n) is 4.03. The fraction of sp³-hybridized carbons (Fsp3) is 0.391. The van der Waals surface area contributed by atoms with E-state index in [2.05, 4.69) is 24.1 Å². The van der Waals surface area contributed by atoms with E-state index in [9.17, 15) is 10.4 Å². The number of ether oxygens (including phenoxy) is 1. The molecule has 1 aromatic heterocycles. The van der Waals surface area contributed by atoms with Crippen LogP contribution in [-0.2, 0) is 0 Å². The average Bonchev–Trinajstić information content (AvgIpc) is 3.29. The predicted octanol–water partition coefficient (Wildman–Crippen LogP) is 5.34. The number of aliphatic hydroxyl groups excluding tert-OH is 1. The molecule has 1 N–H and O–H groups in total. The van der Waals surface area contributed by atoms with E-state index in [1.165, 1.54) is 11.1 Å². The lowest BCUT2D eigenvalue weighted by molar-refractivity contribution is 0.217. The summed E-state index contributed by atoms with van der Waals surface area (Å²) in [6.45, 7) is 6.10. The second-order valence-electron chi connectivity index (χ2n) is 7.83. The van der Waals surface area contributed by atoms with Crippen LogP contribution in [0.2, 0.25) is 0 Å². The lowest BCUT2D eigenvalue weighted by atomic mass is 9.86. The number of aromatic nitrogens is 1. The Labute approximate surface area is 169 Å². The van der Waals surface area contributed by atoms with Crippen molar-refractivity contribution in [1.29, 1.82) is 5.26 Å². The molecule has 1 saturated carbocycles. The van der Waals surface area contributed by atoms with Crippen molar-refractivity contribution in [3.8, 4) is 22.4 Å². The topological polar surface area (TPSA) is 66.1 Å². The molecule has 4 rings (SSSR count). The Morgan fingerprint density at radius 2 is 2.14 bits per heavy atom. The monoisotopic (exact) mass is 392 g/mol. The summed E-state index contributed by atoms with van der Waals surface area (Å²) in [5.41, 5.74) is 5.21. The summed E-state index contributed by atoms with van der Waals surface area (Å²) in [4.78, 5) is 5.80. The minimum atomic E-state index is -0.327. The molecule has 1 unspecified atom stereocenters. The van der Waals surface area contributed by atoms with Crippen LogP contribution in [0.25, 0.3) is 16.1 Å². The van der Waals surface area contributed by atoms with Gasteiger partial charge in [0.05, 0.1) is 22.6 Å². The van der Waals surface area contributed by atoms with E-state index < -0.39 is 0 Å². The summed E-state index contributed by atoms with van der Waals surface area (Å²) in [5.74, 6) is 1.03. The van der Waals surface area contributed by atoms with Crippen molar-refractivity contribution in [2.75, 3.05) is 0 Å². The Bertz CT molecular complexity index is 1010. The van der Waals surface area contributed by atoms with Crippen LogP contribution >= 0.6 is 11.3 Å². The number of rotatable bonds is 4. The first-order valence-corrected chi connectivity index (χ1v) is 10.6. The second kappa shape index (κ2) is 7.54. The molecule has 28 heavy (non-hydrogen) atoms. The highest BCUT2D eigenvalue weighted by molar-refractivity contribution is 7.16. The molecule has 0 bridgehead atoms. The molecule has 2 aliphatic carbocycles. The number of aliphatic hydroxyl groups is 1. The van der Waals surface area contributed by atoms with Gasteiger partial charge in [0.1, 0.15) is 16.8 Å². The Balaban J connectivity index is 1.68. The quantitative estimate of drug-likeness (QED) is 0.762. The van der Waals surface area contributed by atoms with Gasteiger partial charge in [-0.2, -0.15) is 5.26 Å². The van der Waals surface area contributed by atoms with Crippen molar-refractivity contribution in [3.63, 3.8) is 0 Å². The third-order valence-corrected chi connectivity index (χ3v) is 6.35. The number of nitrogens with zero attached hydrogens (tertiary/aromatic N) is 2. The van der Waals surface area contributed by atoms with E-state index in [0.29, 0.717) is 17.2 Å². The van der Waals surface area contributed by atoms with Crippen LogP contribution < -0.4 is 4.74 Å². The molecule has 1 fully saturated rings. The van der Waals surface area contributed by atoms with E-state index in [0.717, 1.165) is 40.3 Å². The van der Waals surface area contributed by atoms with Crippen LogP contribution in [0.5, 0.6) is 5.75 Å². The first kappa shape index (κ1) is 18.9. The van der Waals surface area contributed by atoms with Gasteiger partial charge >= 0.3 is 0 Å². The van der Waals surface area contributed by atoms with E-state index in [1.54, 1.807) is 11.3 Å². The Morgan fingerprint density at radius 1 is 1.32 bits per heavy atom. The third kappa shape index (κ3) is 3.50. The van der Waals surface area contributed by atoms with Crippen molar-refractivity contribution in [2.45, 2.75) is 52.2 Å². The number of allylic oxidation sites excluding steroid dienone is 2. The van der Waals surface area contributed by atoms with Gasteiger partial charge in [0.2, 0.25) is 0 Å². The summed E-state index contributed by atoms with van der Waals surface area (Å²) >= 11 is 1.66. The molecule has 0 saturated heterocycles. The van der Waals surface area contributed by atoms with Crippen LogP contribution in [0.3, 0.4) is 0 Å². The van der Waals surface area contributed by atoms with Gasteiger partial charge < -0.3 is 9.84 Å². The van der Waals surface area contributed by atoms with Gasteiger partial charge in [0, 0.05) is 11.8 Å². The van der Waals surface area contributed by atoms with Gasteiger partial charge in [0.25, 0.3) is 0 Å². The second-order valence-corrected chi connectivity index (χ2v) is 8.86. The number of hydrogen-bond donors (Lipinski definition) is 1. The van der Waals surface area contributed by atoms with Gasteiger partial charge in [-0.1, -0.05) is 13.0 Å². The normalized spacial score (nSPS) is 21.5. The Kier molecular flexibility index (Phi) is 5.09. The molecule has 4 nitrogen and oxygen atoms in total. The van der Waals surface area contributed by atoms with Crippen LogP contribution in [-0.4, -0.2) is 22.3 Å². The molecule has 0 aliphatic heterocycles. The number of benzene rings is 1. The van der Waals surface area contributed by atoms with Gasteiger partial charge in [-0.3, -0.25) is 0 Å².